The fourth-order valence-corrected chi connectivity index (χ4v) is 6.32. The van der Waals surface area contributed by atoms with Crippen LogP contribution in [0.4, 0.5) is 20.2 Å². The van der Waals surface area contributed by atoms with Gasteiger partial charge in [0.2, 0.25) is 5.91 Å². The second-order valence-electron chi connectivity index (χ2n) is 16.2. The molecule has 0 radical (unpaired) electrons. The summed E-state index contributed by atoms with van der Waals surface area (Å²) in [5.74, 6) is -0.157. The Hall–Kier alpha value is -4.66. The van der Waals surface area contributed by atoms with Gasteiger partial charge in [-0.1, -0.05) is 12.1 Å². The van der Waals surface area contributed by atoms with E-state index in [4.69, 9.17) is 9.47 Å². The predicted octanol–water partition coefficient (Wildman–Crippen LogP) is 4.18. The minimum absolute atomic E-state index is 0.0912. The summed E-state index contributed by atoms with van der Waals surface area (Å²) in [6.07, 6.45) is 4.03. The highest BCUT2D eigenvalue weighted by atomic mass is 16.6. The van der Waals surface area contributed by atoms with Gasteiger partial charge in [-0.05, 0) is 112 Å². The summed E-state index contributed by atoms with van der Waals surface area (Å²) in [7, 11) is 0. The quantitative estimate of drug-likeness (QED) is 0.296. The van der Waals surface area contributed by atoms with E-state index in [0.717, 1.165) is 31.2 Å². The summed E-state index contributed by atoms with van der Waals surface area (Å²) in [6.45, 7) is 17.2. The number of urea groups is 1. The lowest BCUT2D eigenvalue weighted by Gasteiger charge is -2.38. The standard InChI is InChI=1S/C37H56N8O7/c1-24(38-26-12-13-27(23-26)39-33(49)51-35(2,3)4)22-25-10-14-28(15-11-25)45-17-16-29(41-32(45)48)40-31(47)44-20-18-43(19-21-44)30(46)37(8,9)42-34(50)52-36(5,6)7/h10-11,14-17,24,26-27,38H,12-13,18-23H2,1-9H3,(H,39,49)(H,42,50)(H,40,41,47,48)/t24?,26-,27-/m0/s1. The Balaban J connectivity index is 1.23. The lowest BCUT2D eigenvalue weighted by atomic mass is 10.0. The Kier molecular flexibility index (Phi) is 12.6. The smallest absolute Gasteiger partial charge is 0.408 e. The lowest BCUT2D eigenvalue weighted by Crippen LogP contribution is -2.60. The van der Waals surface area contributed by atoms with E-state index in [1.807, 2.05) is 45.0 Å². The van der Waals surface area contributed by atoms with E-state index in [0.29, 0.717) is 11.7 Å². The van der Waals surface area contributed by atoms with Crippen molar-refractivity contribution in [3.05, 3.63) is 52.6 Å². The number of carbonyl (C=O) groups is 4. The van der Waals surface area contributed by atoms with Crippen LogP contribution in [0.1, 0.15) is 87.1 Å². The highest BCUT2D eigenvalue weighted by Crippen LogP contribution is 2.21. The molecule has 286 valence electrons. The summed E-state index contributed by atoms with van der Waals surface area (Å²) in [4.78, 5) is 70.7. The first kappa shape index (κ1) is 40.1. The molecule has 2 heterocycles. The molecule has 4 N–H and O–H groups in total. The van der Waals surface area contributed by atoms with Crippen molar-refractivity contribution in [2.24, 2.45) is 0 Å². The third-order valence-corrected chi connectivity index (χ3v) is 8.67. The van der Waals surface area contributed by atoms with Crippen molar-refractivity contribution in [1.82, 2.24) is 35.3 Å². The molecular weight excluding hydrogens is 668 g/mol. The maximum absolute atomic E-state index is 13.1. The topological polar surface area (TPSA) is 176 Å². The highest BCUT2D eigenvalue weighted by molar-refractivity contribution is 5.90. The fourth-order valence-electron chi connectivity index (χ4n) is 6.32. The van der Waals surface area contributed by atoms with Gasteiger partial charge in [0.15, 0.2) is 0 Å². The number of nitrogens with one attached hydrogen (secondary N) is 4. The molecule has 4 rings (SSSR count). The van der Waals surface area contributed by atoms with E-state index < -0.39 is 34.6 Å². The van der Waals surface area contributed by atoms with Gasteiger partial charge >= 0.3 is 23.9 Å². The fraction of sp³-hybridized carbons (Fsp3) is 0.622. The van der Waals surface area contributed by atoms with Crippen LogP contribution in [0.2, 0.25) is 0 Å². The van der Waals surface area contributed by atoms with Gasteiger partial charge in [-0.25, -0.2) is 19.2 Å². The number of alkyl carbamates (subject to hydrolysis) is 2. The second kappa shape index (κ2) is 16.3. The van der Waals surface area contributed by atoms with Crippen LogP contribution in [-0.2, 0) is 20.7 Å². The van der Waals surface area contributed by atoms with Crippen LogP contribution in [0.3, 0.4) is 0 Å². The first-order valence-electron chi connectivity index (χ1n) is 18.0. The highest BCUT2D eigenvalue weighted by Gasteiger charge is 2.37. The number of nitrogens with zero attached hydrogens (tertiary/aromatic N) is 4. The van der Waals surface area contributed by atoms with Crippen molar-refractivity contribution in [2.45, 2.75) is 123 Å². The van der Waals surface area contributed by atoms with Gasteiger partial charge in [-0.15, -0.1) is 0 Å². The van der Waals surface area contributed by atoms with Crippen LogP contribution in [0, 0.1) is 0 Å². The zero-order chi connectivity index (χ0) is 38.4. The number of hydrogen-bond donors (Lipinski definition) is 4. The molecule has 1 unspecified atom stereocenters. The Labute approximate surface area is 306 Å². The van der Waals surface area contributed by atoms with E-state index in [1.54, 1.807) is 56.7 Å². The van der Waals surface area contributed by atoms with Crippen LogP contribution < -0.4 is 27.0 Å². The third kappa shape index (κ3) is 12.0. The van der Waals surface area contributed by atoms with Crippen LogP contribution in [0.15, 0.2) is 41.3 Å². The average Bonchev–Trinajstić information content (AvgIpc) is 3.45. The van der Waals surface area contributed by atoms with Gasteiger partial charge in [0.1, 0.15) is 22.6 Å². The number of piperazine rings is 1. The number of benzene rings is 1. The minimum atomic E-state index is -1.19. The number of ether oxygens (including phenoxy) is 2. The van der Waals surface area contributed by atoms with Crippen LogP contribution in [0.25, 0.3) is 5.69 Å². The summed E-state index contributed by atoms with van der Waals surface area (Å²) in [5.41, 5.74) is -1.19. The largest absolute Gasteiger partial charge is 0.444 e. The van der Waals surface area contributed by atoms with E-state index in [2.05, 4.69) is 33.2 Å². The molecule has 1 aromatic heterocycles. The number of rotatable bonds is 9. The number of anilines is 1. The number of carbonyl (C=O) groups excluding carboxylic acids is 4. The van der Waals surface area contributed by atoms with Gasteiger partial charge in [0, 0.05) is 50.5 Å². The van der Waals surface area contributed by atoms with E-state index in [9.17, 15) is 24.0 Å². The molecule has 1 aromatic carbocycles. The molecule has 1 aliphatic heterocycles. The van der Waals surface area contributed by atoms with Crippen molar-refractivity contribution < 1.29 is 28.7 Å². The summed E-state index contributed by atoms with van der Waals surface area (Å²) < 4.78 is 12.1. The van der Waals surface area contributed by atoms with Gasteiger partial charge < -0.3 is 35.2 Å². The van der Waals surface area contributed by atoms with Gasteiger partial charge in [0.05, 0.1) is 5.69 Å². The van der Waals surface area contributed by atoms with Crippen LogP contribution >= 0.6 is 0 Å². The van der Waals surface area contributed by atoms with E-state index in [1.165, 1.54) is 4.57 Å². The summed E-state index contributed by atoms with van der Waals surface area (Å²) in [5, 5.41) is 12.0. The van der Waals surface area contributed by atoms with Gasteiger partial charge in [-0.3, -0.25) is 14.7 Å². The zero-order valence-electron chi connectivity index (χ0n) is 32.0. The predicted molar refractivity (Wildman–Crippen MR) is 198 cm³/mol. The lowest BCUT2D eigenvalue weighted by molar-refractivity contribution is -0.138. The normalized spacial score (nSPS) is 18.7. The maximum Gasteiger partial charge on any atom is 0.408 e. The van der Waals surface area contributed by atoms with Crippen molar-refractivity contribution in [3.63, 3.8) is 0 Å². The molecule has 15 heteroatoms. The Morgan fingerprint density at radius 3 is 2.00 bits per heavy atom. The average molecular weight is 725 g/mol. The van der Waals surface area contributed by atoms with E-state index >= 15 is 0 Å². The van der Waals surface area contributed by atoms with Crippen molar-refractivity contribution in [2.75, 3.05) is 31.5 Å². The summed E-state index contributed by atoms with van der Waals surface area (Å²) in [6, 6.07) is 9.44. The first-order chi connectivity index (χ1) is 24.2. The van der Waals surface area contributed by atoms with Crippen LogP contribution in [-0.4, -0.2) is 105 Å². The number of amides is 5. The van der Waals surface area contributed by atoms with Crippen molar-refractivity contribution >= 4 is 29.9 Å². The molecule has 1 saturated heterocycles. The third-order valence-electron chi connectivity index (χ3n) is 8.67. The molecule has 0 spiro atoms. The molecule has 2 aromatic rings. The first-order valence-corrected chi connectivity index (χ1v) is 18.0. The summed E-state index contributed by atoms with van der Waals surface area (Å²) >= 11 is 0. The molecule has 52 heavy (non-hydrogen) atoms. The minimum Gasteiger partial charge on any atom is -0.444 e. The molecule has 3 atom stereocenters. The molecule has 5 amide bonds. The molecule has 0 bridgehead atoms. The molecule has 15 nitrogen and oxygen atoms in total. The van der Waals surface area contributed by atoms with Crippen molar-refractivity contribution in [1.29, 1.82) is 0 Å². The Bertz CT molecular complexity index is 1640. The van der Waals surface area contributed by atoms with Gasteiger partial charge in [-0.2, -0.15) is 4.98 Å². The molecular formula is C37H56N8O7. The monoisotopic (exact) mass is 724 g/mol. The SMILES string of the molecule is CC(Cc1ccc(-n2ccc(NC(=O)N3CCN(C(=O)C(C)(C)NC(=O)OC(C)(C)C)CC3)nc2=O)cc1)N[C@H]1CC[C@H](NC(=O)OC(C)(C)C)C1. The maximum atomic E-state index is 13.1. The molecule has 1 aliphatic carbocycles. The number of aromatic nitrogens is 2. The Morgan fingerprint density at radius 2 is 1.40 bits per heavy atom. The number of hydrogen-bond acceptors (Lipinski definition) is 9. The molecule has 2 fully saturated rings. The molecule has 2 aliphatic rings. The van der Waals surface area contributed by atoms with Crippen molar-refractivity contribution in [3.8, 4) is 5.69 Å². The van der Waals surface area contributed by atoms with Crippen LogP contribution in [0.5, 0.6) is 0 Å². The van der Waals surface area contributed by atoms with Gasteiger partial charge in [0.25, 0.3) is 0 Å². The van der Waals surface area contributed by atoms with E-state index in [-0.39, 0.29) is 56.1 Å². The Morgan fingerprint density at radius 1 is 0.827 bits per heavy atom. The zero-order valence-corrected chi connectivity index (χ0v) is 32.0. The molecule has 1 saturated carbocycles. The second-order valence-corrected chi connectivity index (χ2v) is 16.2.